The zero-order valence-corrected chi connectivity index (χ0v) is 13.3. The van der Waals surface area contributed by atoms with Crippen molar-refractivity contribution in [2.45, 2.75) is 64.8 Å². The fourth-order valence-corrected chi connectivity index (χ4v) is 3.77. The third-order valence-electron chi connectivity index (χ3n) is 5.49. The van der Waals surface area contributed by atoms with Crippen molar-refractivity contribution in [3.63, 3.8) is 0 Å². The molecule has 0 aliphatic carbocycles. The summed E-state index contributed by atoms with van der Waals surface area (Å²) in [4.78, 5) is 27.5. The molecule has 2 aliphatic heterocycles. The maximum Gasteiger partial charge on any atom is 0.320 e. The minimum absolute atomic E-state index is 0.0599. The van der Waals surface area contributed by atoms with Gasteiger partial charge in [-0.3, -0.25) is 4.79 Å². The van der Waals surface area contributed by atoms with Gasteiger partial charge in [0.2, 0.25) is 0 Å². The van der Waals surface area contributed by atoms with Crippen LogP contribution in [0.1, 0.15) is 58.8 Å². The normalized spacial score (nSPS) is 25.1. The fraction of sp³-hybridized carbons (Fsp3) is 0.875. The molecule has 0 aromatic rings. The number of aliphatic carboxylic acids is 1. The smallest absolute Gasteiger partial charge is 0.320 e. The number of piperidine rings is 1. The van der Waals surface area contributed by atoms with E-state index < -0.39 is 5.97 Å². The Balaban J connectivity index is 2.02. The van der Waals surface area contributed by atoms with Crippen molar-refractivity contribution in [2.75, 3.05) is 19.6 Å². The average molecular weight is 296 g/mol. The lowest BCUT2D eigenvalue weighted by molar-refractivity contribution is -0.138. The van der Waals surface area contributed by atoms with E-state index in [1.165, 1.54) is 0 Å². The van der Waals surface area contributed by atoms with Gasteiger partial charge in [-0.2, -0.15) is 0 Å². The van der Waals surface area contributed by atoms with Gasteiger partial charge in [-0.25, -0.2) is 4.79 Å². The highest BCUT2D eigenvalue weighted by atomic mass is 16.4. The Labute approximate surface area is 127 Å². The number of hydrogen-bond acceptors (Lipinski definition) is 2. The Morgan fingerprint density at radius 1 is 1.19 bits per heavy atom. The molecule has 2 amide bonds. The first-order valence-corrected chi connectivity index (χ1v) is 8.28. The number of amides is 2. The van der Waals surface area contributed by atoms with Crippen molar-refractivity contribution in [2.24, 2.45) is 5.41 Å². The molecule has 1 unspecified atom stereocenters. The van der Waals surface area contributed by atoms with E-state index in [-0.39, 0.29) is 23.9 Å². The second-order valence-electron chi connectivity index (χ2n) is 6.60. The van der Waals surface area contributed by atoms with Gasteiger partial charge in [-0.1, -0.05) is 13.8 Å². The summed E-state index contributed by atoms with van der Waals surface area (Å²) in [6, 6.07) is -0.0632. The molecule has 2 heterocycles. The van der Waals surface area contributed by atoms with Crippen LogP contribution in [0.25, 0.3) is 0 Å². The van der Waals surface area contributed by atoms with Crippen LogP contribution in [0.5, 0.6) is 0 Å². The SMILES string of the molecule is CCC1(CC)CCN(C(=O)N2CCCCC2CC(=O)O)C1. The fourth-order valence-electron chi connectivity index (χ4n) is 3.77. The molecule has 0 bridgehead atoms. The topological polar surface area (TPSA) is 60.9 Å². The highest BCUT2D eigenvalue weighted by Gasteiger charge is 2.40. The molecule has 1 N–H and O–H groups in total. The molecule has 2 saturated heterocycles. The largest absolute Gasteiger partial charge is 0.481 e. The van der Waals surface area contributed by atoms with Gasteiger partial charge in [0, 0.05) is 25.7 Å². The van der Waals surface area contributed by atoms with Crippen LogP contribution in [0.3, 0.4) is 0 Å². The van der Waals surface area contributed by atoms with Gasteiger partial charge in [-0.05, 0) is 43.9 Å². The maximum atomic E-state index is 12.8. The number of carbonyl (C=O) groups excluding carboxylic acids is 1. The molecule has 21 heavy (non-hydrogen) atoms. The van der Waals surface area contributed by atoms with Gasteiger partial charge in [0.25, 0.3) is 0 Å². The molecule has 120 valence electrons. The van der Waals surface area contributed by atoms with E-state index in [1.54, 1.807) is 0 Å². The highest BCUT2D eigenvalue weighted by Crippen LogP contribution is 2.37. The Morgan fingerprint density at radius 2 is 1.90 bits per heavy atom. The Kier molecular flexibility index (Phi) is 5.12. The van der Waals surface area contributed by atoms with Crippen molar-refractivity contribution >= 4 is 12.0 Å². The van der Waals surface area contributed by atoms with E-state index in [1.807, 2.05) is 9.80 Å². The van der Waals surface area contributed by atoms with Crippen LogP contribution in [0.2, 0.25) is 0 Å². The van der Waals surface area contributed by atoms with E-state index in [0.717, 1.165) is 51.6 Å². The Hall–Kier alpha value is -1.26. The standard InChI is InChI=1S/C16H28N2O3/c1-3-16(4-2)8-10-17(12-16)15(21)18-9-6-5-7-13(18)11-14(19)20/h13H,3-12H2,1-2H3,(H,19,20). The Bertz CT molecular complexity index is 393. The number of carboxylic acid groups (broad SMARTS) is 1. The third kappa shape index (κ3) is 3.50. The minimum atomic E-state index is -0.808. The van der Waals surface area contributed by atoms with E-state index >= 15 is 0 Å². The van der Waals surface area contributed by atoms with Crippen LogP contribution in [0.15, 0.2) is 0 Å². The number of rotatable bonds is 4. The number of urea groups is 1. The lowest BCUT2D eigenvalue weighted by Crippen LogP contribution is -2.50. The Morgan fingerprint density at radius 3 is 2.48 bits per heavy atom. The molecular weight excluding hydrogens is 268 g/mol. The summed E-state index contributed by atoms with van der Waals surface area (Å²) < 4.78 is 0. The first kappa shape index (κ1) is 16.1. The first-order valence-electron chi connectivity index (χ1n) is 8.28. The molecule has 0 aromatic heterocycles. The molecule has 2 aliphatic rings. The molecular formula is C16H28N2O3. The number of hydrogen-bond donors (Lipinski definition) is 1. The molecule has 2 rings (SSSR count). The number of nitrogens with zero attached hydrogens (tertiary/aromatic N) is 2. The van der Waals surface area contributed by atoms with Crippen molar-refractivity contribution in [3.05, 3.63) is 0 Å². The summed E-state index contributed by atoms with van der Waals surface area (Å²) in [5, 5.41) is 9.04. The van der Waals surface area contributed by atoms with Gasteiger partial charge < -0.3 is 14.9 Å². The first-order chi connectivity index (χ1) is 10.0. The van der Waals surface area contributed by atoms with Crippen LogP contribution >= 0.6 is 0 Å². The van der Waals surface area contributed by atoms with Crippen LogP contribution in [0.4, 0.5) is 4.79 Å². The van der Waals surface area contributed by atoms with Crippen molar-refractivity contribution < 1.29 is 14.7 Å². The van der Waals surface area contributed by atoms with Crippen LogP contribution in [-0.4, -0.2) is 52.6 Å². The van der Waals surface area contributed by atoms with Gasteiger partial charge in [0.1, 0.15) is 0 Å². The summed E-state index contributed by atoms with van der Waals surface area (Å²) in [6.45, 7) is 6.75. The summed E-state index contributed by atoms with van der Waals surface area (Å²) in [7, 11) is 0. The minimum Gasteiger partial charge on any atom is -0.481 e. The quantitative estimate of drug-likeness (QED) is 0.867. The monoisotopic (exact) mass is 296 g/mol. The number of carboxylic acids is 1. The molecule has 0 radical (unpaired) electrons. The number of likely N-dealkylation sites (tertiary alicyclic amines) is 2. The van der Waals surface area contributed by atoms with Crippen molar-refractivity contribution in [1.82, 2.24) is 9.80 Å². The average Bonchev–Trinajstić information content (AvgIpc) is 2.92. The van der Waals surface area contributed by atoms with E-state index in [9.17, 15) is 9.59 Å². The van der Waals surface area contributed by atoms with Crippen LogP contribution in [0, 0.1) is 5.41 Å². The summed E-state index contributed by atoms with van der Waals surface area (Å²) >= 11 is 0. The predicted molar refractivity (Wildman–Crippen MR) is 81.2 cm³/mol. The van der Waals surface area contributed by atoms with Gasteiger partial charge in [-0.15, -0.1) is 0 Å². The zero-order valence-electron chi connectivity index (χ0n) is 13.3. The highest BCUT2D eigenvalue weighted by molar-refractivity contribution is 5.76. The number of carbonyl (C=O) groups is 2. The molecule has 5 nitrogen and oxygen atoms in total. The second-order valence-corrected chi connectivity index (χ2v) is 6.60. The molecule has 2 fully saturated rings. The molecule has 0 saturated carbocycles. The third-order valence-corrected chi connectivity index (χ3v) is 5.49. The molecule has 0 spiro atoms. The summed E-state index contributed by atoms with van der Waals surface area (Å²) in [6.07, 6.45) is 6.18. The van der Waals surface area contributed by atoms with Gasteiger partial charge in [0.05, 0.1) is 6.42 Å². The van der Waals surface area contributed by atoms with Gasteiger partial charge >= 0.3 is 12.0 Å². The van der Waals surface area contributed by atoms with E-state index in [2.05, 4.69) is 13.8 Å². The molecule has 0 aromatic carbocycles. The maximum absolute atomic E-state index is 12.8. The predicted octanol–water partition coefficient (Wildman–Crippen LogP) is 2.95. The lowest BCUT2D eigenvalue weighted by Gasteiger charge is -2.38. The van der Waals surface area contributed by atoms with E-state index in [4.69, 9.17) is 5.11 Å². The van der Waals surface area contributed by atoms with Crippen LogP contribution < -0.4 is 0 Å². The van der Waals surface area contributed by atoms with Gasteiger partial charge in [0.15, 0.2) is 0 Å². The van der Waals surface area contributed by atoms with E-state index in [0.29, 0.717) is 6.54 Å². The molecule has 1 atom stereocenters. The molecule has 5 heteroatoms. The summed E-state index contributed by atoms with van der Waals surface area (Å²) in [5.74, 6) is -0.808. The lowest BCUT2D eigenvalue weighted by atomic mass is 9.82. The zero-order chi connectivity index (χ0) is 15.5. The summed E-state index contributed by atoms with van der Waals surface area (Å²) in [5.41, 5.74) is 0.272. The van der Waals surface area contributed by atoms with Crippen molar-refractivity contribution in [1.29, 1.82) is 0 Å². The van der Waals surface area contributed by atoms with Crippen molar-refractivity contribution in [3.8, 4) is 0 Å². The van der Waals surface area contributed by atoms with Crippen LogP contribution in [-0.2, 0) is 4.79 Å². The second kappa shape index (κ2) is 6.67.